The van der Waals surface area contributed by atoms with Gasteiger partial charge in [-0.2, -0.15) is 0 Å². The summed E-state index contributed by atoms with van der Waals surface area (Å²) in [5.74, 6) is 0.825. The molecule has 0 spiro atoms. The number of hydrogen-bond acceptors (Lipinski definition) is 3. The maximum absolute atomic E-state index is 16.0. The first-order valence-corrected chi connectivity index (χ1v) is 12.4. The van der Waals surface area contributed by atoms with Crippen LogP contribution >= 0.6 is 0 Å². The third-order valence-electron chi connectivity index (χ3n) is 9.05. The lowest BCUT2D eigenvalue weighted by atomic mass is 9.60. The summed E-state index contributed by atoms with van der Waals surface area (Å²) in [5.41, 5.74) is 1.76. The van der Waals surface area contributed by atoms with Crippen LogP contribution in [0.15, 0.2) is 35.5 Å². The number of aliphatic hydroxyl groups excluding tert-OH is 3. The maximum atomic E-state index is 16.0. The molecule has 4 rings (SSSR count). The van der Waals surface area contributed by atoms with E-state index in [0.717, 1.165) is 56.1 Å². The van der Waals surface area contributed by atoms with Crippen molar-refractivity contribution in [2.45, 2.75) is 108 Å². The predicted octanol–water partition coefficient (Wildman–Crippen LogP) is 5.41. The topological polar surface area (TPSA) is 60.7 Å². The largest absolute Gasteiger partial charge is 0.393 e. The molecule has 4 heteroatoms. The van der Waals surface area contributed by atoms with Gasteiger partial charge in [-0.05, 0) is 105 Å². The highest BCUT2D eigenvalue weighted by Crippen LogP contribution is 2.61. The Hall–Kier alpha value is -0.970. The van der Waals surface area contributed by atoms with Gasteiger partial charge in [0.25, 0.3) is 0 Å². The monoisotopic (exact) mass is 432 g/mol. The third-order valence-corrected chi connectivity index (χ3v) is 9.05. The Morgan fingerprint density at radius 1 is 1.23 bits per heavy atom. The number of allylic oxidation sites excluding steroid dienone is 3. The average Bonchev–Trinajstić information content (AvgIpc) is 3.49. The summed E-state index contributed by atoms with van der Waals surface area (Å²) in [6.07, 6.45) is 11.9. The van der Waals surface area contributed by atoms with Crippen LogP contribution in [0, 0.1) is 23.2 Å². The summed E-state index contributed by atoms with van der Waals surface area (Å²) in [6.45, 7) is 8.09. The third kappa shape index (κ3) is 4.72. The Morgan fingerprint density at radius 2 is 1.97 bits per heavy atom. The van der Waals surface area contributed by atoms with E-state index in [1.165, 1.54) is 5.57 Å². The summed E-state index contributed by atoms with van der Waals surface area (Å²) in [7, 11) is 0. The van der Waals surface area contributed by atoms with Crippen molar-refractivity contribution in [2.24, 2.45) is 23.2 Å². The molecule has 4 aliphatic rings. The van der Waals surface area contributed by atoms with Crippen LogP contribution in [-0.4, -0.2) is 39.3 Å². The predicted molar refractivity (Wildman–Crippen MR) is 122 cm³/mol. The van der Waals surface area contributed by atoms with E-state index < -0.39 is 17.9 Å². The van der Waals surface area contributed by atoms with E-state index in [-0.39, 0.29) is 17.4 Å². The normalized spacial score (nSPS) is 41.9. The van der Waals surface area contributed by atoms with Crippen molar-refractivity contribution in [2.75, 3.05) is 0 Å². The molecule has 0 bridgehead atoms. The van der Waals surface area contributed by atoms with Crippen molar-refractivity contribution < 1.29 is 19.7 Å². The molecule has 0 radical (unpaired) electrons. The summed E-state index contributed by atoms with van der Waals surface area (Å²) < 4.78 is 16.0. The lowest BCUT2D eigenvalue weighted by Crippen LogP contribution is -2.43. The van der Waals surface area contributed by atoms with E-state index in [0.29, 0.717) is 37.5 Å². The van der Waals surface area contributed by atoms with Crippen LogP contribution in [0.4, 0.5) is 4.39 Å². The fourth-order valence-electron chi connectivity index (χ4n) is 7.01. The van der Waals surface area contributed by atoms with Crippen LogP contribution < -0.4 is 0 Å². The fraction of sp³-hybridized carbons (Fsp3) is 0.778. The van der Waals surface area contributed by atoms with Crippen LogP contribution in [-0.2, 0) is 0 Å². The number of hydrogen-bond donors (Lipinski definition) is 3. The fourth-order valence-corrected chi connectivity index (χ4v) is 7.01. The lowest BCUT2D eigenvalue weighted by Gasteiger charge is -2.46. The molecule has 0 aromatic carbocycles. The number of aliphatic hydroxyl groups is 3. The smallest absolute Gasteiger partial charge is 0.111 e. The van der Waals surface area contributed by atoms with Crippen LogP contribution in [0.5, 0.6) is 0 Å². The minimum Gasteiger partial charge on any atom is -0.393 e. The molecule has 174 valence electrons. The highest BCUT2D eigenvalue weighted by atomic mass is 19.1. The first-order valence-electron chi connectivity index (χ1n) is 12.4. The Labute approximate surface area is 187 Å². The zero-order valence-corrected chi connectivity index (χ0v) is 19.3. The van der Waals surface area contributed by atoms with Gasteiger partial charge in [-0.15, -0.1) is 0 Å². The van der Waals surface area contributed by atoms with Gasteiger partial charge in [-0.3, -0.25) is 0 Å². The van der Waals surface area contributed by atoms with Gasteiger partial charge in [0.1, 0.15) is 5.67 Å². The van der Waals surface area contributed by atoms with Gasteiger partial charge in [0, 0.05) is 6.42 Å². The van der Waals surface area contributed by atoms with Gasteiger partial charge < -0.3 is 15.3 Å². The Kier molecular flexibility index (Phi) is 6.55. The Morgan fingerprint density at radius 3 is 2.68 bits per heavy atom. The number of halogens is 1. The molecule has 0 aromatic rings. The van der Waals surface area contributed by atoms with Gasteiger partial charge in [0.15, 0.2) is 0 Å². The molecule has 0 aliphatic heterocycles. The zero-order valence-electron chi connectivity index (χ0n) is 19.3. The molecule has 3 nitrogen and oxygen atoms in total. The van der Waals surface area contributed by atoms with Gasteiger partial charge in [-0.1, -0.05) is 31.2 Å². The number of fused-ring (bicyclic) bond motifs is 1. The van der Waals surface area contributed by atoms with E-state index >= 15 is 4.39 Å². The minimum absolute atomic E-state index is 0.0287. The first-order chi connectivity index (χ1) is 14.6. The van der Waals surface area contributed by atoms with Gasteiger partial charge in [0.05, 0.1) is 18.3 Å². The summed E-state index contributed by atoms with van der Waals surface area (Å²) in [4.78, 5) is 0. The second kappa shape index (κ2) is 8.76. The van der Waals surface area contributed by atoms with Crippen molar-refractivity contribution in [1.82, 2.24) is 0 Å². The molecule has 4 aliphatic carbocycles. The second-order valence-electron chi connectivity index (χ2n) is 11.3. The molecule has 0 aromatic heterocycles. The highest BCUT2D eigenvalue weighted by Gasteiger charge is 2.55. The molecule has 3 N–H and O–H groups in total. The quantitative estimate of drug-likeness (QED) is 0.526. The molecular formula is C27H41FO3. The van der Waals surface area contributed by atoms with Crippen LogP contribution in [0.3, 0.4) is 0 Å². The van der Waals surface area contributed by atoms with Crippen molar-refractivity contribution in [3.8, 4) is 0 Å². The molecule has 7 atom stereocenters. The van der Waals surface area contributed by atoms with Gasteiger partial charge >= 0.3 is 0 Å². The van der Waals surface area contributed by atoms with E-state index in [2.05, 4.69) is 19.6 Å². The number of alkyl halides is 1. The van der Waals surface area contributed by atoms with Crippen LogP contribution in [0.25, 0.3) is 0 Å². The molecule has 31 heavy (non-hydrogen) atoms. The van der Waals surface area contributed by atoms with Crippen molar-refractivity contribution >= 4 is 0 Å². The van der Waals surface area contributed by atoms with Crippen molar-refractivity contribution in [1.29, 1.82) is 0 Å². The van der Waals surface area contributed by atoms with E-state index in [9.17, 15) is 15.3 Å². The van der Waals surface area contributed by atoms with E-state index in [4.69, 9.17) is 0 Å². The maximum Gasteiger partial charge on any atom is 0.111 e. The standard InChI is InChI=1S/C27H41FO3/c1-17-20(15-21(29)16-24(17)31)9-6-18-5-4-13-26(2)22(18)10-11-25(26)27(3,28)14-12-23(30)19-7-8-19/h6,9,19,21-25,29-31H,1,4-5,7-8,10-16H2,2-3H3/b18-6+,20-9-/t21-,22+,23+,24+,25+,26+,27+/m1/s1. The molecular weight excluding hydrogens is 391 g/mol. The summed E-state index contributed by atoms with van der Waals surface area (Å²) >= 11 is 0. The average molecular weight is 433 g/mol. The van der Waals surface area contributed by atoms with Gasteiger partial charge in [0.2, 0.25) is 0 Å². The first kappa shape index (κ1) is 23.2. The van der Waals surface area contributed by atoms with Crippen LogP contribution in [0.2, 0.25) is 0 Å². The molecule has 4 saturated carbocycles. The molecule has 0 unspecified atom stereocenters. The Bertz CT molecular complexity index is 750. The number of rotatable bonds is 6. The van der Waals surface area contributed by atoms with Crippen molar-refractivity contribution in [3.05, 3.63) is 35.5 Å². The SMILES string of the molecule is C=C1/C(=C\C=C2/CCC[C@@]3(C)[C@H]2CC[C@@H]3[C@@](C)(F)CC[C@H](O)C2CC2)C[C@@H](O)C[C@@H]1O. The molecule has 0 amide bonds. The molecule has 0 heterocycles. The minimum atomic E-state index is -1.24. The van der Waals surface area contributed by atoms with Crippen LogP contribution in [0.1, 0.15) is 84.5 Å². The molecule has 4 fully saturated rings. The van der Waals surface area contributed by atoms with E-state index in [1.807, 2.05) is 6.08 Å². The molecule has 0 saturated heterocycles. The summed E-state index contributed by atoms with van der Waals surface area (Å²) in [6, 6.07) is 0. The summed E-state index contributed by atoms with van der Waals surface area (Å²) in [5, 5.41) is 30.4. The van der Waals surface area contributed by atoms with Crippen molar-refractivity contribution in [3.63, 3.8) is 0 Å². The Balaban J connectivity index is 1.48. The van der Waals surface area contributed by atoms with Gasteiger partial charge in [-0.25, -0.2) is 4.39 Å². The zero-order chi connectivity index (χ0) is 22.4. The highest BCUT2D eigenvalue weighted by molar-refractivity contribution is 5.38. The lowest BCUT2D eigenvalue weighted by molar-refractivity contribution is -0.0112. The van der Waals surface area contributed by atoms with E-state index in [1.54, 1.807) is 6.92 Å². The second-order valence-corrected chi connectivity index (χ2v) is 11.3.